The normalized spacial score (nSPS) is 21.0. The molecule has 0 radical (unpaired) electrons. The van der Waals surface area contributed by atoms with Crippen LogP contribution in [0.5, 0.6) is 5.75 Å². The molecule has 0 spiro atoms. The number of amides is 2. The van der Waals surface area contributed by atoms with Gasteiger partial charge in [0.1, 0.15) is 11.6 Å². The van der Waals surface area contributed by atoms with Crippen LogP contribution in [0.1, 0.15) is 36.0 Å². The molecule has 16 heteroatoms. The van der Waals surface area contributed by atoms with Gasteiger partial charge in [-0.15, -0.1) is 0 Å². The molecule has 4 atom stereocenters. The van der Waals surface area contributed by atoms with Crippen molar-refractivity contribution in [3.63, 3.8) is 0 Å². The Bertz CT molecular complexity index is 1760. The van der Waals surface area contributed by atoms with Crippen molar-refractivity contribution < 1.29 is 50.2 Å². The number of carboxylic acid groups (broad SMARTS) is 1. The minimum Gasteiger partial charge on any atom is -0.496 e. The van der Waals surface area contributed by atoms with Gasteiger partial charge in [0.05, 0.1) is 42.6 Å². The van der Waals surface area contributed by atoms with Crippen LogP contribution in [-0.4, -0.2) is 59.7 Å². The molecule has 2 aromatic carbocycles. The highest BCUT2D eigenvalue weighted by Gasteiger charge is 2.52. The molecule has 0 aliphatic heterocycles. The van der Waals surface area contributed by atoms with Gasteiger partial charge >= 0.3 is 11.5 Å². The molecular formula is C29H28F4N4O7S. The van der Waals surface area contributed by atoms with Crippen molar-refractivity contribution in [2.75, 3.05) is 12.4 Å². The number of carboxylic acids is 1. The van der Waals surface area contributed by atoms with E-state index in [9.17, 15) is 36.0 Å². The number of rotatable bonds is 10. The van der Waals surface area contributed by atoms with Crippen molar-refractivity contribution in [3.8, 4) is 16.9 Å². The second kappa shape index (κ2) is 12.1. The zero-order valence-electron chi connectivity index (χ0n) is 23.7. The van der Waals surface area contributed by atoms with Gasteiger partial charge in [-0.3, -0.25) is 19.1 Å². The van der Waals surface area contributed by atoms with Gasteiger partial charge in [-0.05, 0) is 55.4 Å². The van der Waals surface area contributed by atoms with E-state index in [-0.39, 0.29) is 47.4 Å². The number of sulfone groups is 1. The lowest BCUT2D eigenvalue weighted by atomic mass is 9.83. The predicted octanol–water partition coefficient (Wildman–Crippen LogP) is 4.25. The number of aryl methyl sites for hydroxylation is 1. The van der Waals surface area contributed by atoms with E-state index in [1.165, 1.54) is 36.3 Å². The second-order valence-electron chi connectivity index (χ2n) is 11.0. The zero-order chi connectivity index (χ0) is 32.7. The Morgan fingerprint density at radius 2 is 1.87 bits per heavy atom. The van der Waals surface area contributed by atoms with Crippen LogP contribution in [0.25, 0.3) is 11.1 Å². The first kappa shape index (κ1) is 31.9. The number of anilines is 1. The monoisotopic (exact) mass is 652 g/mol. The average molecular weight is 653 g/mol. The number of halogens is 4. The topological polar surface area (TPSA) is 157 Å². The molecule has 45 heavy (non-hydrogen) atoms. The van der Waals surface area contributed by atoms with Crippen LogP contribution < -0.4 is 15.4 Å². The molecule has 3 aromatic rings. The SMILES string of the molecule is COc1cc(F)c(-c2cnn(CCC(=O)O)c2)cc1C(=O)N[C@@H]1[C@H]2CC[C@H](C2)[C@@H]1C(=O)Nc1cccc(S(=O)(=O)C(F)(F)F)c1. The van der Waals surface area contributed by atoms with Crippen molar-refractivity contribution in [3.05, 3.63) is 60.2 Å². The van der Waals surface area contributed by atoms with Gasteiger partial charge in [0.15, 0.2) is 0 Å². The molecule has 3 N–H and O–H groups in total. The van der Waals surface area contributed by atoms with Gasteiger partial charge < -0.3 is 20.5 Å². The van der Waals surface area contributed by atoms with Crippen LogP contribution >= 0.6 is 0 Å². The smallest absolute Gasteiger partial charge is 0.496 e. The van der Waals surface area contributed by atoms with Crippen molar-refractivity contribution >= 4 is 33.3 Å². The summed E-state index contributed by atoms with van der Waals surface area (Å²) < 4.78 is 84.6. The first-order chi connectivity index (χ1) is 21.2. The van der Waals surface area contributed by atoms with E-state index < -0.39 is 55.8 Å². The molecule has 1 aromatic heterocycles. The van der Waals surface area contributed by atoms with E-state index in [4.69, 9.17) is 9.84 Å². The number of carbonyl (C=O) groups excluding carboxylic acids is 2. The van der Waals surface area contributed by atoms with E-state index >= 15 is 4.39 Å². The summed E-state index contributed by atoms with van der Waals surface area (Å²) in [5.41, 5.74) is -5.39. The summed E-state index contributed by atoms with van der Waals surface area (Å²) in [7, 11) is -4.37. The molecule has 0 saturated heterocycles. The molecule has 2 amide bonds. The van der Waals surface area contributed by atoms with Crippen molar-refractivity contribution in [2.24, 2.45) is 17.8 Å². The van der Waals surface area contributed by atoms with Gasteiger partial charge in [-0.2, -0.15) is 18.3 Å². The van der Waals surface area contributed by atoms with Gasteiger partial charge in [0.2, 0.25) is 5.91 Å². The lowest BCUT2D eigenvalue weighted by Gasteiger charge is -2.31. The maximum atomic E-state index is 15.1. The number of fused-ring (bicyclic) bond motifs is 2. The Kier molecular flexibility index (Phi) is 8.62. The lowest BCUT2D eigenvalue weighted by Crippen LogP contribution is -2.48. The summed E-state index contributed by atoms with van der Waals surface area (Å²) in [5, 5.41) is 18.3. The highest BCUT2D eigenvalue weighted by atomic mass is 32.2. The highest BCUT2D eigenvalue weighted by molar-refractivity contribution is 7.92. The number of alkyl halides is 3. The molecule has 5 rings (SSSR count). The van der Waals surface area contributed by atoms with Gasteiger partial charge in [0.25, 0.3) is 15.7 Å². The van der Waals surface area contributed by atoms with Gasteiger partial charge in [-0.25, -0.2) is 12.8 Å². The first-order valence-electron chi connectivity index (χ1n) is 13.8. The molecule has 11 nitrogen and oxygen atoms in total. The van der Waals surface area contributed by atoms with E-state index in [0.29, 0.717) is 18.4 Å². The number of nitrogens with zero attached hydrogens (tertiary/aromatic N) is 2. The van der Waals surface area contributed by atoms with Crippen molar-refractivity contribution in [1.29, 1.82) is 0 Å². The highest BCUT2D eigenvalue weighted by Crippen LogP contribution is 2.49. The summed E-state index contributed by atoms with van der Waals surface area (Å²) in [4.78, 5) is 36.9. The van der Waals surface area contributed by atoms with Crippen LogP contribution in [0.4, 0.5) is 23.2 Å². The van der Waals surface area contributed by atoms with E-state index in [1.807, 2.05) is 0 Å². The molecule has 2 bridgehead atoms. The van der Waals surface area contributed by atoms with Crippen LogP contribution in [0.2, 0.25) is 0 Å². The van der Waals surface area contributed by atoms with Gasteiger partial charge in [0, 0.05) is 35.1 Å². The fourth-order valence-electron chi connectivity index (χ4n) is 6.16. The fraction of sp³-hybridized carbons (Fsp3) is 0.379. The summed E-state index contributed by atoms with van der Waals surface area (Å²) in [6.07, 6.45) is 4.61. The molecule has 2 aliphatic rings. The molecule has 1 heterocycles. The third-order valence-electron chi connectivity index (χ3n) is 8.27. The number of aromatic nitrogens is 2. The quantitative estimate of drug-likeness (QED) is 0.275. The lowest BCUT2D eigenvalue weighted by molar-refractivity contribution is -0.137. The number of aliphatic carboxylic acids is 1. The summed E-state index contributed by atoms with van der Waals surface area (Å²) in [5.74, 6) is -4.04. The van der Waals surface area contributed by atoms with Gasteiger partial charge in [-0.1, -0.05) is 6.07 Å². The maximum absolute atomic E-state index is 15.1. The molecule has 2 aliphatic carbocycles. The summed E-state index contributed by atoms with van der Waals surface area (Å²) in [6, 6.07) is 5.50. The molecular weight excluding hydrogens is 624 g/mol. The average Bonchev–Trinajstić information content (AvgIpc) is 3.72. The number of benzene rings is 2. The Hall–Kier alpha value is -4.47. The maximum Gasteiger partial charge on any atom is 0.501 e. The van der Waals surface area contributed by atoms with Crippen LogP contribution in [-0.2, 0) is 26.0 Å². The number of carbonyl (C=O) groups is 3. The first-order valence-corrected chi connectivity index (χ1v) is 15.3. The Morgan fingerprint density at radius 3 is 2.56 bits per heavy atom. The Labute approximate surface area is 254 Å². The Morgan fingerprint density at radius 1 is 1.13 bits per heavy atom. The second-order valence-corrected chi connectivity index (χ2v) is 12.9. The predicted molar refractivity (Wildman–Crippen MR) is 150 cm³/mol. The molecule has 0 unspecified atom stereocenters. The third kappa shape index (κ3) is 6.36. The summed E-state index contributed by atoms with van der Waals surface area (Å²) >= 11 is 0. The van der Waals surface area contributed by atoms with Crippen molar-refractivity contribution in [2.45, 2.75) is 48.7 Å². The Balaban J connectivity index is 1.37. The van der Waals surface area contributed by atoms with Crippen LogP contribution in [0.3, 0.4) is 0 Å². The number of hydrogen-bond acceptors (Lipinski definition) is 7. The van der Waals surface area contributed by atoms with E-state index in [2.05, 4.69) is 15.7 Å². The number of methoxy groups -OCH3 is 1. The fourth-order valence-corrected chi connectivity index (χ4v) is 6.97. The largest absolute Gasteiger partial charge is 0.501 e. The standard InChI is InChI=1S/C29H28F4N4O7S/c1-44-23-12-22(30)20(17-13-34-37(14-17)8-7-24(38)39)11-21(23)27(40)36-26-16-6-5-15(9-16)25(26)28(41)35-18-3-2-4-19(10-18)45(42,43)29(31,32)33/h2-4,10-16,25-26H,5-9H2,1H3,(H,35,41)(H,36,40)(H,38,39)/t15-,16+,25+,26-/m1/s1. The van der Waals surface area contributed by atoms with E-state index in [0.717, 1.165) is 30.7 Å². The number of ether oxygens (including phenoxy) is 1. The molecule has 2 saturated carbocycles. The van der Waals surface area contributed by atoms with Crippen molar-refractivity contribution in [1.82, 2.24) is 15.1 Å². The minimum absolute atomic E-state index is 0.0125. The number of hydrogen-bond donors (Lipinski definition) is 3. The number of nitrogens with one attached hydrogen (secondary N) is 2. The summed E-state index contributed by atoms with van der Waals surface area (Å²) in [6.45, 7) is 0.0522. The molecule has 240 valence electrons. The van der Waals surface area contributed by atoms with E-state index in [1.54, 1.807) is 0 Å². The molecule has 2 fully saturated rings. The van der Waals surface area contributed by atoms with Crippen LogP contribution in [0, 0.1) is 23.6 Å². The minimum atomic E-state index is -5.63. The van der Waals surface area contributed by atoms with Crippen LogP contribution in [0.15, 0.2) is 53.7 Å². The third-order valence-corrected chi connectivity index (χ3v) is 9.75. The zero-order valence-corrected chi connectivity index (χ0v) is 24.5.